The van der Waals surface area contributed by atoms with Gasteiger partial charge >= 0.3 is 5.97 Å². The van der Waals surface area contributed by atoms with Gasteiger partial charge in [0.1, 0.15) is 10.9 Å². The molecule has 0 saturated carbocycles. The molecule has 5 aromatic carbocycles. The average molecular weight is 722 g/mol. The van der Waals surface area contributed by atoms with Crippen LogP contribution in [-0.4, -0.2) is 43.0 Å². The maximum absolute atomic E-state index is 13.6. The van der Waals surface area contributed by atoms with Crippen molar-refractivity contribution in [3.63, 3.8) is 0 Å². The van der Waals surface area contributed by atoms with Crippen LogP contribution in [0.2, 0.25) is 5.02 Å². The second kappa shape index (κ2) is 17.1. The van der Waals surface area contributed by atoms with E-state index in [0.717, 1.165) is 10.5 Å². The van der Waals surface area contributed by atoms with Crippen molar-refractivity contribution in [3.05, 3.63) is 154 Å². The highest BCUT2D eigenvalue weighted by Crippen LogP contribution is 2.37. The monoisotopic (exact) mass is 721 g/mol. The van der Waals surface area contributed by atoms with E-state index in [4.69, 9.17) is 21.1 Å². The van der Waals surface area contributed by atoms with Crippen molar-refractivity contribution in [2.45, 2.75) is 10.1 Å². The van der Waals surface area contributed by atoms with Crippen LogP contribution in [0, 0.1) is 0 Å². The lowest BCUT2D eigenvalue weighted by Crippen LogP contribution is -2.30. The molecule has 258 valence electrons. The van der Waals surface area contributed by atoms with Crippen molar-refractivity contribution in [1.82, 2.24) is 5.32 Å². The topological polar surface area (TPSA) is 143 Å². The maximum Gasteiger partial charge on any atom is 0.337 e. The summed E-state index contributed by atoms with van der Waals surface area (Å²) in [7, 11) is 3.02. The van der Waals surface area contributed by atoms with Gasteiger partial charge in [0.25, 0.3) is 11.8 Å². The molecule has 0 aromatic heterocycles. The number of thioether (sulfide) groups is 1. The smallest absolute Gasteiger partial charge is 0.337 e. The molecule has 0 spiro atoms. The Bertz CT molecular complexity index is 2070. The van der Waals surface area contributed by atoms with Crippen molar-refractivity contribution in [2.75, 3.05) is 24.9 Å². The van der Waals surface area contributed by atoms with Gasteiger partial charge in [-0.25, -0.2) is 4.79 Å². The highest BCUT2D eigenvalue weighted by atomic mass is 35.5. The van der Waals surface area contributed by atoms with Crippen molar-refractivity contribution in [1.29, 1.82) is 0 Å². The van der Waals surface area contributed by atoms with Crippen LogP contribution in [0.5, 0.6) is 11.5 Å². The lowest BCUT2D eigenvalue weighted by molar-refractivity contribution is -0.116. The van der Waals surface area contributed by atoms with Crippen LogP contribution in [0.15, 0.2) is 132 Å². The van der Waals surface area contributed by atoms with Crippen LogP contribution in [0.1, 0.15) is 37.1 Å². The number of rotatable bonds is 13. The third-order valence-electron chi connectivity index (χ3n) is 7.42. The number of benzene rings is 5. The zero-order valence-corrected chi connectivity index (χ0v) is 29.0. The lowest BCUT2D eigenvalue weighted by Gasteiger charge is -2.18. The van der Waals surface area contributed by atoms with E-state index in [0.29, 0.717) is 28.3 Å². The second-order valence-corrected chi connectivity index (χ2v) is 12.5. The summed E-state index contributed by atoms with van der Waals surface area (Å²) in [5.74, 6) is -1.65. The van der Waals surface area contributed by atoms with Crippen LogP contribution in [0.4, 0.5) is 11.4 Å². The van der Waals surface area contributed by atoms with Crippen LogP contribution >= 0.6 is 23.4 Å². The Hall–Kier alpha value is -6.04. The average Bonchev–Trinajstić information content (AvgIpc) is 3.15. The molecule has 12 heteroatoms. The summed E-state index contributed by atoms with van der Waals surface area (Å²) < 4.78 is 10.7. The van der Waals surface area contributed by atoms with Gasteiger partial charge in [0.05, 0.1) is 24.8 Å². The number of halogens is 1. The third kappa shape index (κ3) is 9.56. The molecule has 0 fully saturated rings. The molecule has 10 nitrogen and oxygen atoms in total. The van der Waals surface area contributed by atoms with Crippen molar-refractivity contribution in [3.8, 4) is 11.5 Å². The zero-order chi connectivity index (χ0) is 36.3. The predicted molar refractivity (Wildman–Crippen MR) is 199 cm³/mol. The van der Waals surface area contributed by atoms with E-state index in [1.807, 2.05) is 30.3 Å². The molecular weight excluding hydrogens is 690 g/mol. The highest BCUT2D eigenvalue weighted by Gasteiger charge is 2.23. The van der Waals surface area contributed by atoms with Gasteiger partial charge in [0.15, 0.2) is 11.5 Å². The minimum atomic E-state index is -1.21. The van der Waals surface area contributed by atoms with E-state index < -0.39 is 23.0 Å². The summed E-state index contributed by atoms with van der Waals surface area (Å²) in [4.78, 5) is 52.5. The molecule has 0 aliphatic heterocycles. The van der Waals surface area contributed by atoms with E-state index in [9.17, 15) is 24.3 Å². The first-order valence-electron chi connectivity index (χ1n) is 15.4. The quantitative estimate of drug-likeness (QED) is 0.0709. The largest absolute Gasteiger partial charge is 0.493 e. The Labute approximate surface area is 303 Å². The maximum atomic E-state index is 13.6. The van der Waals surface area contributed by atoms with Gasteiger partial charge in [-0.05, 0) is 83.9 Å². The Morgan fingerprint density at radius 1 is 0.745 bits per heavy atom. The van der Waals surface area contributed by atoms with E-state index in [1.165, 1.54) is 50.3 Å². The van der Waals surface area contributed by atoms with Crippen molar-refractivity contribution in [2.24, 2.45) is 0 Å². The van der Waals surface area contributed by atoms with Crippen molar-refractivity contribution >= 4 is 64.5 Å². The predicted octanol–water partition coefficient (Wildman–Crippen LogP) is 7.94. The first kappa shape index (κ1) is 36.2. The molecule has 5 rings (SSSR count). The SMILES string of the molecule is COc1ccc(/C=C(\NC(=O)c2ccccc2)C(=O)Nc2ccc(SC(C(=O)Nc3ccc(Cl)c(C(=O)O)c3)c3ccccc3)cc2)cc1OC. The Balaban J connectivity index is 1.35. The van der Waals surface area contributed by atoms with Crippen LogP contribution < -0.4 is 25.4 Å². The molecule has 0 bridgehead atoms. The molecule has 0 saturated heterocycles. The number of hydrogen-bond donors (Lipinski definition) is 4. The Morgan fingerprint density at radius 2 is 1.39 bits per heavy atom. The molecule has 0 aliphatic rings. The number of anilines is 2. The zero-order valence-electron chi connectivity index (χ0n) is 27.4. The van der Waals surface area contributed by atoms with Crippen LogP contribution in [-0.2, 0) is 9.59 Å². The number of nitrogens with one attached hydrogen (secondary N) is 3. The second-order valence-electron chi connectivity index (χ2n) is 10.9. The number of hydrogen-bond acceptors (Lipinski definition) is 7. The highest BCUT2D eigenvalue weighted by molar-refractivity contribution is 8.00. The summed E-state index contributed by atoms with van der Waals surface area (Å²) in [6.07, 6.45) is 1.53. The number of ether oxygens (including phenoxy) is 2. The Morgan fingerprint density at radius 3 is 2.04 bits per heavy atom. The standard InChI is InChI=1S/C39H32ClN3O7S/c1-49-33-20-13-24(22-34(33)50-2)21-32(43-36(44)26-11-7-4-8-12-26)37(45)41-27-14-17-29(18-15-27)51-35(25-9-5-3-6-10-25)38(46)42-28-16-19-31(40)30(23-28)39(47)48/h3-23,35H,1-2H3,(H,41,45)(H,42,46)(H,43,44)(H,47,48)/b32-21-. The summed E-state index contributed by atoms with van der Waals surface area (Å²) >= 11 is 7.28. The number of carbonyl (C=O) groups excluding carboxylic acids is 3. The molecule has 0 aliphatic carbocycles. The molecule has 1 unspecified atom stereocenters. The molecule has 3 amide bonds. The fourth-order valence-electron chi connectivity index (χ4n) is 4.88. The number of carboxylic acids is 1. The number of carbonyl (C=O) groups is 4. The molecule has 4 N–H and O–H groups in total. The van der Waals surface area contributed by atoms with E-state index >= 15 is 0 Å². The summed E-state index contributed by atoms with van der Waals surface area (Å²) in [5.41, 5.74) is 2.28. The van der Waals surface area contributed by atoms with Gasteiger partial charge in [-0.1, -0.05) is 66.2 Å². The van der Waals surface area contributed by atoms with E-state index in [2.05, 4.69) is 16.0 Å². The Kier molecular flexibility index (Phi) is 12.1. The summed E-state index contributed by atoms with van der Waals surface area (Å²) in [6.45, 7) is 0. The van der Waals surface area contributed by atoms with Gasteiger partial charge in [-0.3, -0.25) is 14.4 Å². The number of aromatic carboxylic acids is 1. The summed E-state index contributed by atoms with van der Waals surface area (Å²) in [5, 5.41) is 17.1. The van der Waals surface area contributed by atoms with Crippen molar-refractivity contribution < 1.29 is 33.8 Å². The van der Waals surface area contributed by atoms with Gasteiger partial charge < -0.3 is 30.5 Å². The van der Waals surface area contributed by atoms with Gasteiger partial charge in [0.2, 0.25) is 5.91 Å². The van der Waals surface area contributed by atoms with E-state index in [1.54, 1.807) is 72.8 Å². The number of methoxy groups -OCH3 is 2. The first-order valence-corrected chi connectivity index (χ1v) is 16.7. The van der Waals surface area contributed by atoms with Crippen LogP contribution in [0.25, 0.3) is 6.08 Å². The van der Waals surface area contributed by atoms with Crippen LogP contribution in [0.3, 0.4) is 0 Å². The number of carboxylic acid groups (broad SMARTS) is 1. The fourth-order valence-corrected chi connectivity index (χ4v) is 6.10. The molecule has 0 radical (unpaired) electrons. The lowest BCUT2D eigenvalue weighted by atomic mass is 10.1. The van der Waals surface area contributed by atoms with Gasteiger partial charge in [-0.2, -0.15) is 0 Å². The molecule has 51 heavy (non-hydrogen) atoms. The minimum Gasteiger partial charge on any atom is -0.493 e. The first-order chi connectivity index (χ1) is 24.6. The molecule has 0 heterocycles. The summed E-state index contributed by atoms with van der Waals surface area (Å²) in [6, 6.07) is 33.9. The number of amides is 3. The van der Waals surface area contributed by atoms with Gasteiger partial charge in [-0.15, -0.1) is 11.8 Å². The molecule has 5 aromatic rings. The molecule has 1 atom stereocenters. The van der Waals surface area contributed by atoms with Gasteiger partial charge in [0, 0.05) is 21.8 Å². The minimum absolute atomic E-state index is 0.0106. The normalized spacial score (nSPS) is 11.5. The van der Waals surface area contributed by atoms with E-state index in [-0.39, 0.29) is 27.9 Å². The fraction of sp³-hybridized carbons (Fsp3) is 0.0769. The third-order valence-corrected chi connectivity index (χ3v) is 9.01. The molecular formula is C39H32ClN3O7S.